The highest BCUT2D eigenvalue weighted by Crippen LogP contribution is 2.35. The monoisotopic (exact) mass is 273 g/mol. The number of carbonyl (C=O) groups excluding carboxylic acids is 1. The molecule has 3 rings (SSSR count). The zero-order valence-corrected chi connectivity index (χ0v) is 12.1. The van der Waals surface area contributed by atoms with Crippen molar-refractivity contribution in [3.8, 4) is 0 Å². The molecule has 1 saturated carbocycles. The van der Waals surface area contributed by atoms with Crippen LogP contribution in [0.1, 0.15) is 38.2 Å². The first-order valence-electron chi connectivity index (χ1n) is 7.60. The Hall–Kier alpha value is -1.42. The summed E-state index contributed by atoms with van der Waals surface area (Å²) in [6.45, 7) is 4.66. The molecule has 1 saturated heterocycles. The van der Waals surface area contributed by atoms with E-state index < -0.39 is 0 Å². The molecule has 2 fully saturated rings. The molecule has 2 heterocycles. The summed E-state index contributed by atoms with van der Waals surface area (Å²) < 4.78 is 0. The molecule has 4 heteroatoms. The van der Waals surface area contributed by atoms with Gasteiger partial charge in [0, 0.05) is 31.5 Å². The lowest BCUT2D eigenvalue weighted by molar-refractivity contribution is -0.143. The standard InChI is InChI=1S/C16H23N3O/c1-16(7-3-9-18-12-16)15(20)19(14-5-6-14)11-13-4-2-8-17-10-13/h2,4,8,10,14,18H,3,5-7,9,11-12H2,1H3. The van der Waals surface area contributed by atoms with E-state index in [4.69, 9.17) is 0 Å². The lowest BCUT2D eigenvalue weighted by Crippen LogP contribution is -2.50. The Balaban J connectivity index is 1.75. The van der Waals surface area contributed by atoms with Crippen molar-refractivity contribution in [3.05, 3.63) is 30.1 Å². The van der Waals surface area contributed by atoms with Gasteiger partial charge in [0.15, 0.2) is 0 Å². The second-order valence-electron chi connectivity index (χ2n) is 6.37. The zero-order valence-electron chi connectivity index (χ0n) is 12.1. The molecular formula is C16H23N3O. The highest BCUT2D eigenvalue weighted by atomic mass is 16.2. The highest BCUT2D eigenvalue weighted by molar-refractivity contribution is 5.83. The fourth-order valence-corrected chi connectivity index (χ4v) is 3.03. The Morgan fingerprint density at radius 2 is 2.40 bits per heavy atom. The maximum atomic E-state index is 13.0. The summed E-state index contributed by atoms with van der Waals surface area (Å²) in [7, 11) is 0. The number of aromatic nitrogens is 1. The van der Waals surface area contributed by atoms with E-state index in [1.807, 2.05) is 12.3 Å². The topological polar surface area (TPSA) is 45.2 Å². The Morgan fingerprint density at radius 3 is 3.00 bits per heavy atom. The van der Waals surface area contributed by atoms with E-state index in [0.29, 0.717) is 18.5 Å². The van der Waals surface area contributed by atoms with Gasteiger partial charge in [-0.15, -0.1) is 0 Å². The number of pyridine rings is 1. The van der Waals surface area contributed by atoms with E-state index in [9.17, 15) is 4.79 Å². The molecule has 1 aromatic heterocycles. The van der Waals surface area contributed by atoms with Gasteiger partial charge < -0.3 is 10.2 Å². The highest BCUT2D eigenvalue weighted by Gasteiger charge is 2.42. The van der Waals surface area contributed by atoms with Gasteiger partial charge in [0.05, 0.1) is 5.41 Å². The number of hydrogen-bond donors (Lipinski definition) is 1. The van der Waals surface area contributed by atoms with Gasteiger partial charge in [0.2, 0.25) is 5.91 Å². The fraction of sp³-hybridized carbons (Fsp3) is 0.625. The lowest BCUT2D eigenvalue weighted by atomic mass is 9.81. The van der Waals surface area contributed by atoms with Crippen molar-refractivity contribution in [1.82, 2.24) is 15.2 Å². The quantitative estimate of drug-likeness (QED) is 0.912. The molecule has 1 amide bonds. The van der Waals surface area contributed by atoms with Crippen LogP contribution in [0.5, 0.6) is 0 Å². The predicted octanol–water partition coefficient (Wildman–Crippen LogP) is 1.96. The molecule has 2 aliphatic rings. The van der Waals surface area contributed by atoms with Crippen molar-refractivity contribution < 1.29 is 4.79 Å². The summed E-state index contributed by atoms with van der Waals surface area (Å²) in [4.78, 5) is 19.2. The third-order valence-electron chi connectivity index (χ3n) is 4.44. The molecular weight excluding hydrogens is 250 g/mol. The summed E-state index contributed by atoms with van der Waals surface area (Å²) >= 11 is 0. The first kappa shape index (κ1) is 13.6. The molecule has 1 aliphatic carbocycles. The molecule has 0 radical (unpaired) electrons. The number of carbonyl (C=O) groups is 1. The van der Waals surface area contributed by atoms with Gasteiger partial charge in [0.25, 0.3) is 0 Å². The SMILES string of the molecule is CC1(C(=O)N(Cc2cccnc2)C2CC2)CCCNC1. The minimum absolute atomic E-state index is 0.233. The number of rotatable bonds is 4. The van der Waals surface area contributed by atoms with Gasteiger partial charge in [-0.1, -0.05) is 6.07 Å². The first-order valence-corrected chi connectivity index (χ1v) is 7.60. The summed E-state index contributed by atoms with van der Waals surface area (Å²) in [5.41, 5.74) is 0.892. The summed E-state index contributed by atoms with van der Waals surface area (Å²) in [6.07, 6.45) is 8.02. The van der Waals surface area contributed by atoms with Gasteiger partial charge >= 0.3 is 0 Å². The van der Waals surface area contributed by atoms with Gasteiger partial charge in [-0.25, -0.2) is 0 Å². The first-order chi connectivity index (χ1) is 9.69. The van der Waals surface area contributed by atoms with E-state index in [0.717, 1.165) is 44.3 Å². The van der Waals surface area contributed by atoms with Crippen molar-refractivity contribution in [1.29, 1.82) is 0 Å². The van der Waals surface area contributed by atoms with E-state index in [2.05, 4.69) is 28.2 Å². The average Bonchev–Trinajstić information content (AvgIpc) is 3.30. The maximum Gasteiger partial charge on any atom is 0.230 e. The average molecular weight is 273 g/mol. The largest absolute Gasteiger partial charge is 0.335 e. The third-order valence-corrected chi connectivity index (χ3v) is 4.44. The molecule has 0 aromatic carbocycles. The second kappa shape index (κ2) is 5.52. The number of piperidine rings is 1. The normalized spacial score (nSPS) is 26.2. The van der Waals surface area contributed by atoms with Crippen molar-refractivity contribution in [3.63, 3.8) is 0 Å². The van der Waals surface area contributed by atoms with Crippen LogP contribution in [0.3, 0.4) is 0 Å². The van der Waals surface area contributed by atoms with Crippen LogP contribution in [-0.4, -0.2) is 34.9 Å². The van der Waals surface area contributed by atoms with Crippen LogP contribution in [0.4, 0.5) is 0 Å². The van der Waals surface area contributed by atoms with Crippen LogP contribution >= 0.6 is 0 Å². The van der Waals surface area contributed by atoms with Crippen LogP contribution in [0.15, 0.2) is 24.5 Å². The molecule has 1 aliphatic heterocycles. The van der Waals surface area contributed by atoms with Gasteiger partial charge in [-0.2, -0.15) is 0 Å². The van der Waals surface area contributed by atoms with Crippen LogP contribution in [0, 0.1) is 5.41 Å². The Morgan fingerprint density at radius 1 is 1.55 bits per heavy atom. The Kier molecular flexibility index (Phi) is 3.74. The van der Waals surface area contributed by atoms with Gasteiger partial charge in [0.1, 0.15) is 0 Å². The van der Waals surface area contributed by atoms with Crippen molar-refractivity contribution in [2.45, 2.75) is 45.2 Å². The smallest absolute Gasteiger partial charge is 0.230 e. The third kappa shape index (κ3) is 2.85. The summed E-state index contributed by atoms with van der Waals surface area (Å²) in [5.74, 6) is 0.316. The minimum atomic E-state index is -0.233. The van der Waals surface area contributed by atoms with E-state index in [1.54, 1.807) is 6.20 Å². The molecule has 1 atom stereocenters. The molecule has 1 N–H and O–H groups in total. The molecule has 1 aromatic rings. The molecule has 0 bridgehead atoms. The molecule has 1 unspecified atom stereocenters. The van der Waals surface area contributed by atoms with Crippen LogP contribution in [-0.2, 0) is 11.3 Å². The number of nitrogens with one attached hydrogen (secondary N) is 1. The Labute approximate surface area is 120 Å². The van der Waals surface area contributed by atoms with Crippen molar-refractivity contribution >= 4 is 5.91 Å². The number of amides is 1. The molecule has 20 heavy (non-hydrogen) atoms. The summed E-state index contributed by atoms with van der Waals surface area (Å²) in [6, 6.07) is 4.44. The fourth-order valence-electron chi connectivity index (χ4n) is 3.03. The van der Waals surface area contributed by atoms with Gasteiger partial charge in [-0.05, 0) is 50.8 Å². The van der Waals surface area contributed by atoms with Crippen molar-refractivity contribution in [2.75, 3.05) is 13.1 Å². The van der Waals surface area contributed by atoms with Crippen LogP contribution in [0.2, 0.25) is 0 Å². The Bertz CT molecular complexity index is 464. The number of nitrogens with zero attached hydrogens (tertiary/aromatic N) is 2. The lowest BCUT2D eigenvalue weighted by Gasteiger charge is -2.37. The predicted molar refractivity (Wildman–Crippen MR) is 78.0 cm³/mol. The van der Waals surface area contributed by atoms with Crippen molar-refractivity contribution in [2.24, 2.45) is 5.41 Å². The molecule has 0 spiro atoms. The minimum Gasteiger partial charge on any atom is -0.335 e. The van der Waals surface area contributed by atoms with Crippen LogP contribution < -0.4 is 5.32 Å². The molecule has 4 nitrogen and oxygen atoms in total. The number of hydrogen-bond acceptors (Lipinski definition) is 3. The second-order valence-corrected chi connectivity index (χ2v) is 6.37. The van der Waals surface area contributed by atoms with Crippen LogP contribution in [0.25, 0.3) is 0 Å². The molecule has 108 valence electrons. The van der Waals surface area contributed by atoms with E-state index in [1.165, 1.54) is 0 Å². The zero-order chi connectivity index (χ0) is 14.0. The summed E-state index contributed by atoms with van der Waals surface area (Å²) in [5, 5.41) is 3.37. The van der Waals surface area contributed by atoms with E-state index >= 15 is 0 Å². The maximum absolute atomic E-state index is 13.0. The van der Waals surface area contributed by atoms with Gasteiger partial charge in [-0.3, -0.25) is 9.78 Å². The van der Waals surface area contributed by atoms with E-state index in [-0.39, 0.29) is 5.41 Å².